The standard InChI is InChI=1S/C18H10F10N2O4S2/c19-15(20,21)9-2-1-3-10(6-9)29-14(31)8-35-13-5-4-11(7-12(13)30(32)33)36(34)18(27,28)16(22,23)17(24,25)26/h1-7H,8H2,(H,29,31). The maximum absolute atomic E-state index is 13.7. The minimum atomic E-state index is -6.78. The fraction of sp³-hybridized carbons (Fsp3) is 0.278. The Bertz CT molecular complexity index is 1190. The minimum absolute atomic E-state index is 0.0868. The number of nitrogens with zero attached hydrogens (tertiary/aromatic N) is 1. The molecular weight excluding hydrogens is 562 g/mol. The molecule has 1 atom stereocenters. The number of nitro benzene ring substituents is 1. The number of hydrogen-bond acceptors (Lipinski definition) is 5. The third-order valence-electron chi connectivity index (χ3n) is 4.13. The lowest BCUT2D eigenvalue weighted by molar-refractivity contribution is -0.388. The molecule has 0 aliphatic carbocycles. The molecular formula is C18H10F10N2O4S2. The van der Waals surface area contributed by atoms with Crippen LogP contribution in [0, 0.1) is 10.1 Å². The van der Waals surface area contributed by atoms with E-state index < -0.39 is 72.0 Å². The predicted molar refractivity (Wildman–Crippen MR) is 106 cm³/mol. The van der Waals surface area contributed by atoms with Crippen LogP contribution in [0.3, 0.4) is 0 Å². The highest BCUT2D eigenvalue weighted by Crippen LogP contribution is 2.49. The topological polar surface area (TPSA) is 89.3 Å². The highest BCUT2D eigenvalue weighted by Gasteiger charge is 2.76. The van der Waals surface area contributed by atoms with Crippen molar-refractivity contribution in [3.05, 3.63) is 58.1 Å². The summed E-state index contributed by atoms with van der Waals surface area (Å²) in [5.41, 5.74) is -2.51. The molecule has 2 rings (SSSR count). The first kappa shape index (κ1) is 29.3. The van der Waals surface area contributed by atoms with Gasteiger partial charge < -0.3 is 5.32 Å². The van der Waals surface area contributed by atoms with Gasteiger partial charge >= 0.3 is 23.5 Å². The first-order valence-corrected chi connectivity index (χ1v) is 11.0. The molecule has 2 aromatic rings. The summed E-state index contributed by atoms with van der Waals surface area (Å²) in [6, 6.07) is 4.49. The lowest BCUT2D eigenvalue weighted by Gasteiger charge is -2.27. The average Bonchev–Trinajstić information content (AvgIpc) is 2.75. The quantitative estimate of drug-likeness (QED) is 0.175. The number of anilines is 1. The molecule has 0 saturated heterocycles. The van der Waals surface area contributed by atoms with Gasteiger partial charge in [-0.15, -0.1) is 11.8 Å². The minimum Gasteiger partial charge on any atom is -0.325 e. The summed E-state index contributed by atoms with van der Waals surface area (Å²) in [6.07, 6.45) is -11.5. The van der Waals surface area contributed by atoms with E-state index in [4.69, 9.17) is 0 Å². The van der Waals surface area contributed by atoms with Gasteiger partial charge in [0.05, 0.1) is 26.0 Å². The van der Waals surface area contributed by atoms with Gasteiger partial charge in [-0.2, -0.15) is 43.9 Å². The van der Waals surface area contributed by atoms with E-state index in [0.29, 0.717) is 30.0 Å². The monoisotopic (exact) mass is 572 g/mol. The zero-order chi connectivity index (χ0) is 27.7. The largest absolute Gasteiger partial charge is 0.461 e. The normalized spacial score (nSPS) is 13.8. The molecule has 36 heavy (non-hydrogen) atoms. The van der Waals surface area contributed by atoms with Crippen LogP contribution in [0.1, 0.15) is 5.56 Å². The second kappa shape index (κ2) is 10.2. The molecule has 198 valence electrons. The van der Waals surface area contributed by atoms with Gasteiger partial charge in [0.1, 0.15) is 10.8 Å². The van der Waals surface area contributed by atoms with Crippen molar-refractivity contribution in [1.82, 2.24) is 0 Å². The maximum atomic E-state index is 13.7. The lowest BCUT2D eigenvalue weighted by Crippen LogP contribution is -2.54. The van der Waals surface area contributed by atoms with Gasteiger partial charge in [0, 0.05) is 11.8 Å². The van der Waals surface area contributed by atoms with E-state index in [1.165, 1.54) is 0 Å². The number of amides is 1. The SMILES string of the molecule is O=C(CSc1ccc(S(=O)C(F)(F)C(F)(F)C(F)(F)F)cc1[N+](=O)[O-])Nc1cccc(C(F)(F)F)c1. The Morgan fingerprint density at radius 2 is 1.58 bits per heavy atom. The van der Waals surface area contributed by atoms with Crippen LogP contribution in [0.2, 0.25) is 0 Å². The Kier molecular flexibility index (Phi) is 8.34. The van der Waals surface area contributed by atoms with Crippen LogP contribution in [0.15, 0.2) is 52.3 Å². The van der Waals surface area contributed by atoms with Gasteiger partial charge in [-0.1, -0.05) is 6.07 Å². The van der Waals surface area contributed by atoms with E-state index in [-0.39, 0.29) is 11.8 Å². The first-order valence-electron chi connectivity index (χ1n) is 8.91. The van der Waals surface area contributed by atoms with Crippen LogP contribution < -0.4 is 5.32 Å². The van der Waals surface area contributed by atoms with E-state index in [0.717, 1.165) is 18.2 Å². The van der Waals surface area contributed by atoms with Gasteiger partial charge in [-0.3, -0.25) is 14.9 Å². The molecule has 2 aromatic carbocycles. The van der Waals surface area contributed by atoms with Crippen molar-refractivity contribution in [2.75, 3.05) is 11.1 Å². The lowest BCUT2D eigenvalue weighted by atomic mass is 10.2. The molecule has 6 nitrogen and oxygen atoms in total. The Morgan fingerprint density at radius 3 is 2.11 bits per heavy atom. The fourth-order valence-electron chi connectivity index (χ4n) is 2.42. The van der Waals surface area contributed by atoms with Crippen LogP contribution in [0.5, 0.6) is 0 Å². The molecule has 0 fully saturated rings. The third-order valence-corrected chi connectivity index (χ3v) is 6.59. The molecule has 1 amide bonds. The summed E-state index contributed by atoms with van der Waals surface area (Å²) in [6.45, 7) is 0. The summed E-state index contributed by atoms with van der Waals surface area (Å²) < 4.78 is 141. The number of nitro groups is 1. The van der Waals surface area contributed by atoms with Crippen molar-refractivity contribution in [2.45, 2.75) is 33.3 Å². The van der Waals surface area contributed by atoms with Crippen molar-refractivity contribution in [3.8, 4) is 0 Å². The van der Waals surface area contributed by atoms with Crippen molar-refractivity contribution in [2.24, 2.45) is 0 Å². The molecule has 0 bridgehead atoms. The van der Waals surface area contributed by atoms with Crippen LogP contribution in [0.25, 0.3) is 0 Å². The van der Waals surface area contributed by atoms with Crippen LogP contribution in [-0.4, -0.2) is 38.1 Å². The molecule has 18 heteroatoms. The van der Waals surface area contributed by atoms with Crippen molar-refractivity contribution >= 4 is 39.8 Å². The summed E-state index contributed by atoms with van der Waals surface area (Å²) in [5, 5.41) is 7.14. The van der Waals surface area contributed by atoms with Crippen LogP contribution in [-0.2, 0) is 21.8 Å². The van der Waals surface area contributed by atoms with E-state index in [2.05, 4.69) is 5.32 Å². The number of nitrogens with one attached hydrogen (secondary N) is 1. The number of rotatable bonds is 8. The smallest absolute Gasteiger partial charge is 0.325 e. The molecule has 1 unspecified atom stereocenters. The Balaban J connectivity index is 2.23. The summed E-state index contributed by atoms with van der Waals surface area (Å²) >= 11 is 0.360. The molecule has 0 aliphatic rings. The van der Waals surface area contributed by atoms with Gasteiger partial charge in [0.25, 0.3) is 5.69 Å². The highest BCUT2D eigenvalue weighted by atomic mass is 32.2. The number of hydrogen-bond donors (Lipinski definition) is 1. The number of halogens is 10. The molecule has 0 aliphatic heterocycles. The number of carbonyl (C=O) groups is 1. The van der Waals surface area contributed by atoms with Crippen LogP contribution in [0.4, 0.5) is 55.3 Å². The zero-order valence-corrected chi connectivity index (χ0v) is 18.6. The van der Waals surface area contributed by atoms with Gasteiger partial charge in [0.15, 0.2) is 0 Å². The van der Waals surface area contributed by atoms with Crippen molar-refractivity contribution in [3.63, 3.8) is 0 Å². The Morgan fingerprint density at radius 1 is 0.972 bits per heavy atom. The second-order valence-electron chi connectivity index (χ2n) is 6.66. The average molecular weight is 572 g/mol. The highest BCUT2D eigenvalue weighted by molar-refractivity contribution is 8.00. The molecule has 0 saturated carbocycles. The van der Waals surface area contributed by atoms with E-state index >= 15 is 0 Å². The van der Waals surface area contributed by atoms with E-state index in [9.17, 15) is 63.0 Å². The first-order chi connectivity index (χ1) is 16.3. The second-order valence-corrected chi connectivity index (χ2v) is 9.20. The number of carbonyl (C=O) groups excluding carboxylic acids is 1. The van der Waals surface area contributed by atoms with Gasteiger partial charge in [-0.25, -0.2) is 4.21 Å². The van der Waals surface area contributed by atoms with Crippen LogP contribution >= 0.6 is 11.8 Å². The Labute approximate surface area is 200 Å². The van der Waals surface area contributed by atoms with Crippen molar-refractivity contribution < 1.29 is 57.8 Å². The predicted octanol–water partition coefficient (Wildman–Crippen LogP) is 6.24. The van der Waals surface area contributed by atoms with Crippen molar-refractivity contribution in [1.29, 1.82) is 0 Å². The summed E-state index contributed by atoms with van der Waals surface area (Å²) in [4.78, 5) is 20.1. The van der Waals surface area contributed by atoms with E-state index in [1.807, 2.05) is 0 Å². The molecule has 0 radical (unpaired) electrons. The third kappa shape index (κ3) is 6.26. The molecule has 0 aromatic heterocycles. The summed E-state index contributed by atoms with van der Waals surface area (Å²) in [5.74, 6) is -8.37. The van der Waals surface area contributed by atoms with Gasteiger partial charge in [0.2, 0.25) is 5.91 Å². The summed E-state index contributed by atoms with van der Waals surface area (Å²) in [7, 11) is -4.38. The maximum Gasteiger partial charge on any atom is 0.461 e. The van der Waals surface area contributed by atoms with E-state index in [1.54, 1.807) is 0 Å². The molecule has 0 heterocycles. The molecule has 1 N–H and O–H groups in total. The number of thioether (sulfide) groups is 1. The fourth-order valence-corrected chi connectivity index (χ4v) is 4.28. The molecule has 0 spiro atoms. The number of alkyl halides is 10. The Hall–Kier alpha value is -2.89. The van der Waals surface area contributed by atoms with Gasteiger partial charge in [-0.05, 0) is 30.3 Å². The number of benzene rings is 2. The zero-order valence-electron chi connectivity index (χ0n) is 16.9.